The van der Waals surface area contributed by atoms with Crippen molar-refractivity contribution >= 4 is 21.6 Å². The molecule has 1 heterocycles. The fourth-order valence-electron chi connectivity index (χ4n) is 4.15. The molecular weight excluding hydrogens is 450 g/mol. The van der Waals surface area contributed by atoms with Crippen LogP contribution in [0.2, 0.25) is 0 Å². The van der Waals surface area contributed by atoms with Crippen LogP contribution < -0.4 is 9.46 Å². The number of hydrogen-bond acceptors (Lipinski definition) is 5. The summed E-state index contributed by atoms with van der Waals surface area (Å²) in [4.78, 5) is 17.8. The predicted octanol–water partition coefficient (Wildman–Crippen LogP) is 3.93. The van der Waals surface area contributed by atoms with Gasteiger partial charge in [0.25, 0.3) is 15.9 Å². The molecule has 0 saturated carbocycles. The largest absolute Gasteiger partial charge is 0.497 e. The quantitative estimate of drug-likeness (QED) is 0.580. The Balaban J connectivity index is 1.63. The maximum atomic E-state index is 13.7. The molecule has 3 aromatic carbocycles. The zero-order valence-corrected chi connectivity index (χ0v) is 20.4. The summed E-state index contributed by atoms with van der Waals surface area (Å²) in [5.74, 6) is 0.465. The van der Waals surface area contributed by atoms with Gasteiger partial charge in [0.15, 0.2) is 0 Å². The number of nitrogens with zero attached hydrogens (tertiary/aromatic N) is 2. The molecule has 0 radical (unpaired) electrons. The number of carbonyl (C=O) groups excluding carboxylic acids is 1. The second-order valence-corrected chi connectivity index (χ2v) is 10.2. The van der Waals surface area contributed by atoms with Crippen LogP contribution in [-0.2, 0) is 10.0 Å². The number of carbonyl (C=O) groups is 1. The minimum Gasteiger partial charge on any atom is -0.497 e. The number of aryl methyl sites for hydroxylation is 1. The number of anilines is 1. The lowest BCUT2D eigenvalue weighted by atomic mass is 10.00. The van der Waals surface area contributed by atoms with Crippen molar-refractivity contribution in [1.29, 1.82) is 0 Å². The van der Waals surface area contributed by atoms with Gasteiger partial charge in [0.2, 0.25) is 0 Å². The van der Waals surface area contributed by atoms with Gasteiger partial charge in [-0.15, -0.1) is 0 Å². The van der Waals surface area contributed by atoms with Crippen molar-refractivity contribution < 1.29 is 17.9 Å². The Morgan fingerprint density at radius 2 is 1.71 bits per heavy atom. The number of likely N-dealkylation sites (N-methyl/N-ethyl adjacent to an activating group) is 1. The second-order valence-electron chi connectivity index (χ2n) is 8.50. The average molecular weight is 480 g/mol. The van der Waals surface area contributed by atoms with Gasteiger partial charge in [-0.3, -0.25) is 9.52 Å². The molecule has 0 aromatic heterocycles. The molecule has 0 spiro atoms. The Bertz CT molecular complexity index is 1260. The van der Waals surface area contributed by atoms with Crippen LogP contribution in [0.1, 0.15) is 27.5 Å². The van der Waals surface area contributed by atoms with Crippen LogP contribution in [0.25, 0.3) is 0 Å². The van der Waals surface area contributed by atoms with Crippen LogP contribution in [0.5, 0.6) is 5.75 Å². The normalized spacial score (nSPS) is 16.8. The molecule has 34 heavy (non-hydrogen) atoms. The summed E-state index contributed by atoms with van der Waals surface area (Å²) in [5.41, 5.74) is 2.60. The number of amides is 1. The molecule has 3 aromatic rings. The summed E-state index contributed by atoms with van der Waals surface area (Å²) >= 11 is 0. The second kappa shape index (κ2) is 9.87. The van der Waals surface area contributed by atoms with Gasteiger partial charge in [-0.05, 0) is 61.5 Å². The van der Waals surface area contributed by atoms with E-state index in [9.17, 15) is 13.2 Å². The van der Waals surface area contributed by atoms with Gasteiger partial charge in [-0.25, -0.2) is 8.42 Å². The first-order valence-electron chi connectivity index (χ1n) is 11.1. The van der Waals surface area contributed by atoms with Crippen molar-refractivity contribution in [3.05, 3.63) is 89.5 Å². The number of sulfonamides is 1. The first kappa shape index (κ1) is 23.8. The molecule has 1 saturated heterocycles. The van der Waals surface area contributed by atoms with E-state index < -0.39 is 10.0 Å². The van der Waals surface area contributed by atoms with Crippen molar-refractivity contribution in [3.8, 4) is 5.75 Å². The first-order chi connectivity index (χ1) is 16.3. The van der Waals surface area contributed by atoms with E-state index in [2.05, 4.69) is 9.62 Å². The van der Waals surface area contributed by atoms with Gasteiger partial charge in [-0.2, -0.15) is 0 Å². The van der Waals surface area contributed by atoms with Crippen LogP contribution in [0.3, 0.4) is 0 Å². The van der Waals surface area contributed by atoms with Gasteiger partial charge in [-0.1, -0.05) is 36.4 Å². The Labute approximate surface area is 201 Å². The van der Waals surface area contributed by atoms with E-state index in [-0.39, 0.29) is 16.8 Å². The van der Waals surface area contributed by atoms with Crippen molar-refractivity contribution in [1.82, 2.24) is 9.80 Å². The molecule has 1 N–H and O–H groups in total. The highest BCUT2D eigenvalue weighted by molar-refractivity contribution is 7.92. The predicted molar refractivity (Wildman–Crippen MR) is 133 cm³/mol. The number of rotatable bonds is 6. The number of benzene rings is 3. The highest BCUT2D eigenvalue weighted by Gasteiger charge is 2.32. The van der Waals surface area contributed by atoms with E-state index in [4.69, 9.17) is 4.74 Å². The molecule has 4 rings (SSSR count). The molecular formula is C26H29N3O4S. The molecule has 1 amide bonds. The van der Waals surface area contributed by atoms with Crippen molar-refractivity contribution in [2.45, 2.75) is 17.9 Å². The molecule has 7 nitrogen and oxygen atoms in total. The van der Waals surface area contributed by atoms with Gasteiger partial charge in [0.05, 0.1) is 18.0 Å². The molecule has 0 aliphatic carbocycles. The first-order valence-corrected chi connectivity index (χ1v) is 12.6. The van der Waals surface area contributed by atoms with E-state index in [1.54, 1.807) is 37.4 Å². The Kier molecular flexibility index (Phi) is 6.90. The van der Waals surface area contributed by atoms with Gasteiger partial charge < -0.3 is 14.5 Å². The zero-order chi connectivity index (χ0) is 24.3. The molecule has 1 aliphatic heterocycles. The highest BCUT2D eigenvalue weighted by atomic mass is 32.2. The Morgan fingerprint density at radius 3 is 2.38 bits per heavy atom. The van der Waals surface area contributed by atoms with Crippen LogP contribution in [0, 0.1) is 6.92 Å². The third-order valence-electron chi connectivity index (χ3n) is 6.12. The standard InChI is InChI=1S/C26H29N3O4S/c1-19-9-14-23(34(31,32)27-21-10-12-22(33-3)13-11-21)17-24(19)26(30)29-16-15-28(2)18-25(29)20-7-5-4-6-8-20/h4-14,17,25,27H,15-16,18H2,1-3H3. The lowest BCUT2D eigenvalue weighted by Crippen LogP contribution is -2.49. The van der Waals surface area contributed by atoms with Gasteiger partial charge >= 0.3 is 0 Å². The lowest BCUT2D eigenvalue weighted by Gasteiger charge is -2.40. The molecule has 1 fully saturated rings. The maximum Gasteiger partial charge on any atom is 0.261 e. The summed E-state index contributed by atoms with van der Waals surface area (Å²) in [7, 11) is -0.290. The van der Waals surface area contributed by atoms with Gasteiger partial charge in [0.1, 0.15) is 5.75 Å². The van der Waals surface area contributed by atoms with Crippen LogP contribution in [0.4, 0.5) is 5.69 Å². The minimum atomic E-state index is -3.88. The maximum absolute atomic E-state index is 13.7. The fraction of sp³-hybridized carbons (Fsp3) is 0.269. The number of ether oxygens (including phenoxy) is 1. The van der Waals surface area contributed by atoms with E-state index in [1.807, 2.05) is 49.2 Å². The average Bonchev–Trinajstić information content (AvgIpc) is 2.84. The zero-order valence-electron chi connectivity index (χ0n) is 19.6. The van der Waals surface area contributed by atoms with E-state index in [0.717, 1.165) is 17.7 Å². The topological polar surface area (TPSA) is 78.9 Å². The summed E-state index contributed by atoms with van der Waals surface area (Å²) < 4.78 is 33.8. The van der Waals surface area contributed by atoms with Crippen molar-refractivity contribution in [3.63, 3.8) is 0 Å². The number of hydrogen-bond donors (Lipinski definition) is 1. The van der Waals surface area contributed by atoms with E-state index in [1.165, 1.54) is 12.1 Å². The number of nitrogens with one attached hydrogen (secondary N) is 1. The summed E-state index contributed by atoms with van der Waals surface area (Å²) in [6.45, 7) is 3.86. The summed E-state index contributed by atoms with van der Waals surface area (Å²) in [5, 5.41) is 0. The highest BCUT2D eigenvalue weighted by Crippen LogP contribution is 2.28. The fourth-order valence-corrected chi connectivity index (χ4v) is 5.23. The third-order valence-corrected chi connectivity index (χ3v) is 7.50. The number of piperazine rings is 1. The van der Waals surface area contributed by atoms with Crippen LogP contribution in [-0.4, -0.2) is 57.9 Å². The third kappa shape index (κ3) is 5.08. The van der Waals surface area contributed by atoms with Crippen LogP contribution in [0.15, 0.2) is 77.7 Å². The lowest BCUT2D eigenvalue weighted by molar-refractivity contribution is 0.0497. The number of methoxy groups -OCH3 is 1. The minimum absolute atomic E-state index is 0.0441. The van der Waals surface area contributed by atoms with Crippen molar-refractivity contribution in [2.75, 3.05) is 38.5 Å². The van der Waals surface area contributed by atoms with E-state index >= 15 is 0 Å². The molecule has 1 unspecified atom stereocenters. The molecule has 8 heteroatoms. The smallest absolute Gasteiger partial charge is 0.261 e. The Morgan fingerprint density at radius 1 is 1.00 bits per heavy atom. The molecule has 178 valence electrons. The van der Waals surface area contributed by atoms with Crippen LogP contribution >= 0.6 is 0 Å². The summed E-state index contributed by atoms with van der Waals surface area (Å²) in [6, 6.07) is 21.1. The summed E-state index contributed by atoms with van der Waals surface area (Å²) in [6.07, 6.45) is 0. The SMILES string of the molecule is COc1ccc(NS(=O)(=O)c2ccc(C)c(C(=O)N3CCN(C)CC3c3ccccc3)c2)cc1. The Hall–Kier alpha value is -3.36. The van der Waals surface area contributed by atoms with Crippen molar-refractivity contribution in [2.24, 2.45) is 0 Å². The molecule has 1 aliphatic rings. The molecule has 1 atom stereocenters. The van der Waals surface area contributed by atoms with E-state index in [0.29, 0.717) is 30.1 Å². The monoisotopic (exact) mass is 479 g/mol. The molecule has 0 bridgehead atoms. The van der Waals surface area contributed by atoms with Gasteiger partial charge in [0, 0.05) is 30.9 Å².